The van der Waals surface area contributed by atoms with Crippen LogP contribution in [0.4, 0.5) is 0 Å². The highest BCUT2D eigenvalue weighted by molar-refractivity contribution is 7.89. The number of hydrogen-bond acceptors (Lipinski definition) is 3. The number of aryl methyl sites for hydroxylation is 1. The molecule has 1 fully saturated rings. The van der Waals surface area contributed by atoms with Crippen molar-refractivity contribution in [3.63, 3.8) is 0 Å². The highest BCUT2D eigenvalue weighted by Gasteiger charge is 2.29. The van der Waals surface area contributed by atoms with E-state index in [0.717, 1.165) is 18.4 Å². The van der Waals surface area contributed by atoms with Crippen LogP contribution in [0.2, 0.25) is 0 Å². The number of benzene rings is 2. The maximum atomic E-state index is 13.0. The molecule has 0 unspecified atom stereocenters. The molecule has 1 saturated heterocycles. The number of rotatable bonds is 5. The quantitative estimate of drug-likeness (QED) is 0.759. The van der Waals surface area contributed by atoms with E-state index in [1.807, 2.05) is 19.1 Å². The van der Waals surface area contributed by atoms with Crippen molar-refractivity contribution >= 4 is 15.9 Å². The topological polar surface area (TPSA) is 66.5 Å². The van der Waals surface area contributed by atoms with Gasteiger partial charge in [0.05, 0.1) is 10.9 Å². The van der Waals surface area contributed by atoms with Gasteiger partial charge in [0.2, 0.25) is 10.0 Å². The Morgan fingerprint density at radius 1 is 1.03 bits per heavy atom. The molecular weight excluding hydrogens is 396 g/mol. The standard InChI is InChI=1S/C24H32N2O3S/c1-17-8-9-20(16-22(17)30(28,29)26-14-6-7-15-26)23(27)25-18(2)19-10-12-21(13-11-19)24(3,4)5/h8-13,16,18H,6-7,14-15H2,1-5H3,(H,25,27)/t18-/m0/s1. The maximum absolute atomic E-state index is 13.0. The van der Waals surface area contributed by atoms with Crippen molar-refractivity contribution < 1.29 is 13.2 Å². The molecule has 1 aliphatic heterocycles. The van der Waals surface area contributed by atoms with Gasteiger partial charge in [0.15, 0.2) is 0 Å². The summed E-state index contributed by atoms with van der Waals surface area (Å²) in [6.45, 7) is 11.3. The summed E-state index contributed by atoms with van der Waals surface area (Å²) in [6.07, 6.45) is 1.76. The molecule has 2 aromatic carbocycles. The summed E-state index contributed by atoms with van der Waals surface area (Å²) in [5, 5.41) is 2.99. The molecule has 30 heavy (non-hydrogen) atoms. The van der Waals surface area contributed by atoms with Crippen molar-refractivity contribution in [3.8, 4) is 0 Å². The van der Waals surface area contributed by atoms with E-state index in [-0.39, 0.29) is 22.3 Å². The van der Waals surface area contributed by atoms with Crippen LogP contribution in [0.3, 0.4) is 0 Å². The van der Waals surface area contributed by atoms with E-state index in [1.54, 1.807) is 19.1 Å². The molecule has 0 radical (unpaired) electrons. The van der Waals surface area contributed by atoms with Crippen LogP contribution >= 0.6 is 0 Å². The Morgan fingerprint density at radius 3 is 2.20 bits per heavy atom. The Labute approximate surface area is 180 Å². The average molecular weight is 429 g/mol. The second-order valence-electron chi connectivity index (χ2n) is 9.16. The van der Waals surface area contributed by atoms with Crippen LogP contribution in [-0.2, 0) is 15.4 Å². The Morgan fingerprint density at radius 2 is 1.63 bits per heavy atom. The van der Waals surface area contributed by atoms with Gasteiger partial charge in [-0.25, -0.2) is 8.42 Å². The van der Waals surface area contributed by atoms with Gasteiger partial charge < -0.3 is 5.32 Å². The summed E-state index contributed by atoms with van der Waals surface area (Å²) in [5.74, 6) is -0.278. The fourth-order valence-corrected chi connectivity index (χ4v) is 5.49. The highest BCUT2D eigenvalue weighted by Crippen LogP contribution is 2.26. The average Bonchev–Trinajstić information content (AvgIpc) is 3.23. The summed E-state index contributed by atoms with van der Waals surface area (Å²) < 4.78 is 27.5. The molecule has 0 spiro atoms. The van der Waals surface area contributed by atoms with Gasteiger partial charge in [-0.05, 0) is 60.9 Å². The van der Waals surface area contributed by atoms with Crippen molar-refractivity contribution in [1.29, 1.82) is 0 Å². The van der Waals surface area contributed by atoms with E-state index < -0.39 is 10.0 Å². The SMILES string of the molecule is Cc1ccc(C(=O)N[C@@H](C)c2ccc(C(C)(C)C)cc2)cc1S(=O)(=O)N1CCCC1. The second-order valence-corrected chi connectivity index (χ2v) is 11.1. The Hall–Kier alpha value is -2.18. The van der Waals surface area contributed by atoms with Crippen LogP contribution in [0.5, 0.6) is 0 Å². The molecule has 2 aromatic rings. The lowest BCUT2D eigenvalue weighted by Crippen LogP contribution is -2.30. The van der Waals surface area contributed by atoms with Gasteiger partial charge in [0, 0.05) is 18.7 Å². The van der Waals surface area contributed by atoms with Gasteiger partial charge in [0.25, 0.3) is 5.91 Å². The zero-order valence-corrected chi connectivity index (χ0v) is 19.3. The molecule has 3 rings (SSSR count). The van der Waals surface area contributed by atoms with Gasteiger partial charge in [-0.3, -0.25) is 4.79 Å². The first-order valence-electron chi connectivity index (χ1n) is 10.5. The van der Waals surface area contributed by atoms with Crippen LogP contribution in [0.15, 0.2) is 47.4 Å². The molecule has 5 nitrogen and oxygen atoms in total. The molecule has 0 bridgehead atoms. The van der Waals surface area contributed by atoms with Gasteiger partial charge in [-0.15, -0.1) is 0 Å². The number of nitrogens with one attached hydrogen (secondary N) is 1. The van der Waals surface area contributed by atoms with Crippen LogP contribution in [0.1, 0.15) is 73.6 Å². The lowest BCUT2D eigenvalue weighted by atomic mass is 9.86. The van der Waals surface area contributed by atoms with E-state index >= 15 is 0 Å². The van der Waals surface area contributed by atoms with Crippen LogP contribution in [-0.4, -0.2) is 31.7 Å². The molecule has 1 atom stereocenters. The number of amides is 1. The van der Waals surface area contributed by atoms with E-state index in [2.05, 4.69) is 38.2 Å². The molecule has 1 heterocycles. The lowest BCUT2D eigenvalue weighted by Gasteiger charge is -2.21. The first kappa shape index (κ1) is 22.5. The van der Waals surface area contributed by atoms with E-state index in [1.165, 1.54) is 15.9 Å². The Kier molecular flexibility index (Phi) is 6.39. The maximum Gasteiger partial charge on any atom is 0.251 e. The predicted molar refractivity (Wildman–Crippen MR) is 120 cm³/mol. The highest BCUT2D eigenvalue weighted by atomic mass is 32.2. The van der Waals surface area contributed by atoms with Crippen molar-refractivity contribution in [2.24, 2.45) is 0 Å². The van der Waals surface area contributed by atoms with E-state index in [9.17, 15) is 13.2 Å². The minimum atomic E-state index is -3.57. The van der Waals surface area contributed by atoms with Crippen molar-refractivity contribution in [1.82, 2.24) is 9.62 Å². The third-order valence-corrected chi connectivity index (χ3v) is 7.80. The summed E-state index contributed by atoms with van der Waals surface area (Å²) >= 11 is 0. The third-order valence-electron chi connectivity index (χ3n) is 5.76. The van der Waals surface area contributed by atoms with Gasteiger partial charge >= 0.3 is 0 Å². The minimum absolute atomic E-state index is 0.0736. The second kappa shape index (κ2) is 8.52. The van der Waals surface area contributed by atoms with Gasteiger partial charge in [-0.1, -0.05) is 51.1 Å². The fraction of sp³-hybridized carbons (Fsp3) is 0.458. The van der Waals surface area contributed by atoms with Crippen LogP contribution in [0, 0.1) is 6.92 Å². The molecular formula is C24H32N2O3S. The molecule has 1 aliphatic rings. The predicted octanol–water partition coefficient (Wildman–Crippen LogP) is 4.57. The van der Waals surface area contributed by atoms with Gasteiger partial charge in [0.1, 0.15) is 0 Å². The normalized spacial score (nSPS) is 16.4. The molecule has 0 aliphatic carbocycles. The molecule has 0 aromatic heterocycles. The molecule has 0 saturated carbocycles. The lowest BCUT2D eigenvalue weighted by molar-refractivity contribution is 0.0939. The number of hydrogen-bond donors (Lipinski definition) is 1. The number of nitrogens with zero attached hydrogens (tertiary/aromatic N) is 1. The summed E-state index contributed by atoms with van der Waals surface area (Å²) in [7, 11) is -3.57. The zero-order chi connectivity index (χ0) is 22.1. The summed E-state index contributed by atoms with van der Waals surface area (Å²) in [6, 6.07) is 13.0. The largest absolute Gasteiger partial charge is 0.346 e. The Balaban J connectivity index is 1.78. The third kappa shape index (κ3) is 4.76. The van der Waals surface area contributed by atoms with E-state index in [0.29, 0.717) is 24.2 Å². The molecule has 162 valence electrons. The van der Waals surface area contributed by atoms with Crippen molar-refractivity contribution in [2.45, 2.75) is 63.8 Å². The number of carbonyl (C=O) groups is 1. The fourth-order valence-electron chi connectivity index (χ4n) is 3.72. The summed E-state index contributed by atoms with van der Waals surface area (Å²) in [5.41, 5.74) is 3.33. The molecule has 1 amide bonds. The minimum Gasteiger partial charge on any atom is -0.346 e. The smallest absolute Gasteiger partial charge is 0.251 e. The van der Waals surface area contributed by atoms with Crippen LogP contribution in [0.25, 0.3) is 0 Å². The first-order chi connectivity index (χ1) is 14.0. The van der Waals surface area contributed by atoms with Crippen LogP contribution < -0.4 is 5.32 Å². The number of sulfonamides is 1. The Bertz CT molecular complexity index is 1020. The number of carbonyl (C=O) groups excluding carboxylic acids is 1. The molecule has 1 N–H and O–H groups in total. The summed E-state index contributed by atoms with van der Waals surface area (Å²) in [4.78, 5) is 13.1. The zero-order valence-electron chi connectivity index (χ0n) is 18.5. The molecule has 6 heteroatoms. The van der Waals surface area contributed by atoms with Gasteiger partial charge in [-0.2, -0.15) is 4.31 Å². The monoisotopic (exact) mass is 428 g/mol. The first-order valence-corrected chi connectivity index (χ1v) is 12.0. The van der Waals surface area contributed by atoms with E-state index in [4.69, 9.17) is 0 Å². The van der Waals surface area contributed by atoms with Crippen molar-refractivity contribution in [2.75, 3.05) is 13.1 Å². The van der Waals surface area contributed by atoms with Crippen molar-refractivity contribution in [3.05, 3.63) is 64.7 Å².